The van der Waals surface area contributed by atoms with Crippen LogP contribution in [0.5, 0.6) is 46.0 Å². The van der Waals surface area contributed by atoms with E-state index in [-0.39, 0.29) is 43.3 Å². The minimum absolute atomic E-state index is 0. The number of aromatic carboxylic acids is 4. The minimum atomic E-state index is -1.16. The van der Waals surface area contributed by atoms with E-state index in [1.165, 1.54) is 0 Å². The Balaban J connectivity index is 0.000000137. The average Bonchev–Trinajstić information content (AvgIpc) is 3.38. The molecule has 0 bridgehead atoms. The van der Waals surface area contributed by atoms with E-state index in [4.69, 9.17) is 23.2 Å². The van der Waals surface area contributed by atoms with Gasteiger partial charge in [-0.25, -0.2) is 0 Å². The first-order valence-electron chi connectivity index (χ1n) is 21.5. The Kier molecular flexibility index (Phi) is 16.2. The van der Waals surface area contributed by atoms with Gasteiger partial charge in [0.25, 0.3) is 0 Å². The van der Waals surface area contributed by atoms with Gasteiger partial charge in [-0.3, -0.25) is 0 Å². The molecule has 0 aromatic heterocycles. The van der Waals surface area contributed by atoms with Crippen LogP contribution in [0.25, 0.3) is 0 Å². The molecule has 4 heterocycles. The van der Waals surface area contributed by atoms with Gasteiger partial charge in [0.15, 0.2) is 12.5 Å². The fraction of sp³-hybridized carbons (Fsp3) is 0.0714. The first-order chi connectivity index (χ1) is 34.0. The molecule has 0 atom stereocenters. The summed E-state index contributed by atoms with van der Waals surface area (Å²) in [7, 11) is 0. The molecule has 0 N–H and O–H groups in total. The van der Waals surface area contributed by atoms with Crippen molar-refractivity contribution >= 4 is 36.4 Å². The van der Waals surface area contributed by atoms with E-state index >= 15 is 0 Å². The zero-order valence-electron chi connectivity index (χ0n) is 37.1. The SMILES string of the molecule is O=C([O-])c1cccc2c1Cc1ccccc1O2.O=C([O-])c1cccc2c1Cc1ccccc1O2.O=C([O-])c1cccc2c1Cc1ccccc1O2.O=C([O-])c1cccc2c1Cc1ccccc1O2.O=S.[Mo+4]. The fourth-order valence-electron chi connectivity index (χ4n) is 8.37. The molecule has 350 valence electrons. The molecule has 0 amide bonds. The maximum Gasteiger partial charge on any atom is 4.00 e. The summed E-state index contributed by atoms with van der Waals surface area (Å²) in [6, 6.07) is 50.4. The molecular weight excluding hydrogens is 1010 g/mol. The van der Waals surface area contributed by atoms with Crippen LogP contribution in [-0.4, -0.2) is 28.1 Å². The van der Waals surface area contributed by atoms with Crippen molar-refractivity contribution in [1.82, 2.24) is 0 Å². The Morgan fingerprint density at radius 3 is 0.676 bits per heavy atom. The molecule has 13 nitrogen and oxygen atoms in total. The molecule has 0 aliphatic carbocycles. The van der Waals surface area contributed by atoms with Crippen LogP contribution in [0.15, 0.2) is 170 Å². The molecule has 15 heteroatoms. The van der Waals surface area contributed by atoms with Gasteiger partial charge in [-0.1, -0.05) is 121 Å². The largest absolute Gasteiger partial charge is 4.00 e. The van der Waals surface area contributed by atoms with Crippen LogP contribution >= 0.6 is 0 Å². The van der Waals surface area contributed by atoms with Crippen LogP contribution in [0.4, 0.5) is 0 Å². The Labute approximate surface area is 426 Å². The summed E-state index contributed by atoms with van der Waals surface area (Å²) in [5.74, 6) is 0.910. The summed E-state index contributed by atoms with van der Waals surface area (Å²) in [5, 5.41) is 44.1. The Hall–Kier alpha value is -8.45. The number of carbonyl (C=O) groups excluding carboxylic acids is 4. The molecule has 0 fully saturated rings. The van der Waals surface area contributed by atoms with Gasteiger partial charge in [-0.2, -0.15) is 4.21 Å². The Bertz CT molecular complexity index is 2880. The molecule has 0 radical (unpaired) electrons. The molecular formula is C56H36MoO13S. The predicted octanol–water partition coefficient (Wildman–Crippen LogP) is 6.65. The van der Waals surface area contributed by atoms with E-state index in [1.807, 2.05) is 97.1 Å². The maximum atomic E-state index is 11.0. The van der Waals surface area contributed by atoms with Gasteiger partial charge in [0.1, 0.15) is 46.0 Å². The summed E-state index contributed by atoms with van der Waals surface area (Å²) < 4.78 is 30.5. The van der Waals surface area contributed by atoms with Gasteiger partial charge in [-0.05, 0) is 70.8 Å². The zero-order valence-corrected chi connectivity index (χ0v) is 39.9. The van der Waals surface area contributed by atoms with Crippen molar-refractivity contribution in [2.24, 2.45) is 0 Å². The van der Waals surface area contributed by atoms with Gasteiger partial charge in [0.05, 0.1) is 23.9 Å². The number of para-hydroxylation sites is 4. The van der Waals surface area contributed by atoms with Crippen LogP contribution in [-0.2, 0) is 59.3 Å². The van der Waals surface area contributed by atoms with E-state index in [9.17, 15) is 39.6 Å². The standard InChI is InChI=1S/4C14H10O3.Mo.OS/c4*15-14(16)10-5-3-7-13-11(10)8-9-4-1-2-6-12(9)17-13;;1-2/h4*1-7H,8H2,(H,15,16);;/q;;;;+4;/p-4. The van der Waals surface area contributed by atoms with Crippen LogP contribution in [0.2, 0.25) is 0 Å². The second-order valence-electron chi connectivity index (χ2n) is 15.8. The third-order valence-electron chi connectivity index (χ3n) is 11.7. The number of rotatable bonds is 4. The van der Waals surface area contributed by atoms with Crippen molar-refractivity contribution in [3.8, 4) is 46.0 Å². The van der Waals surface area contributed by atoms with Crippen molar-refractivity contribution in [2.45, 2.75) is 25.7 Å². The zero-order chi connectivity index (χ0) is 49.3. The molecule has 0 unspecified atom stereocenters. The Morgan fingerprint density at radius 2 is 0.479 bits per heavy atom. The molecule has 4 aliphatic heterocycles. The first kappa shape index (κ1) is 50.4. The number of ether oxygens (including phenoxy) is 4. The molecule has 8 aromatic carbocycles. The van der Waals surface area contributed by atoms with Gasteiger partial charge in [0, 0.05) is 70.2 Å². The summed E-state index contributed by atoms with van der Waals surface area (Å²) in [5.41, 5.74) is 7.54. The van der Waals surface area contributed by atoms with E-state index in [0.29, 0.717) is 70.9 Å². The number of fused-ring (bicyclic) bond motifs is 8. The molecule has 71 heavy (non-hydrogen) atoms. The van der Waals surface area contributed by atoms with Crippen LogP contribution in [0, 0.1) is 0 Å². The Morgan fingerprint density at radius 1 is 0.296 bits per heavy atom. The number of carboxylic acid groups (broad SMARTS) is 4. The predicted molar refractivity (Wildman–Crippen MR) is 249 cm³/mol. The molecule has 4 aliphatic rings. The summed E-state index contributed by atoms with van der Waals surface area (Å²) in [6.45, 7) is 0. The summed E-state index contributed by atoms with van der Waals surface area (Å²) >= 11 is 2.83. The second-order valence-corrected chi connectivity index (χ2v) is 15.8. The van der Waals surface area contributed by atoms with E-state index in [2.05, 4.69) is 12.5 Å². The number of hydrogen-bond acceptors (Lipinski definition) is 14. The average molecular weight is 1040 g/mol. The van der Waals surface area contributed by atoms with Crippen LogP contribution in [0.3, 0.4) is 0 Å². The third-order valence-corrected chi connectivity index (χ3v) is 11.7. The van der Waals surface area contributed by atoms with Gasteiger partial charge in [-0.15, -0.1) is 0 Å². The number of hydrogen-bond donors (Lipinski definition) is 0. The molecule has 0 spiro atoms. The van der Waals surface area contributed by atoms with Crippen molar-refractivity contribution in [3.63, 3.8) is 0 Å². The monoisotopic (exact) mass is 1050 g/mol. The second kappa shape index (κ2) is 22.8. The van der Waals surface area contributed by atoms with Gasteiger partial charge < -0.3 is 58.6 Å². The van der Waals surface area contributed by atoms with Crippen LogP contribution in [0.1, 0.15) is 85.9 Å². The first-order valence-corrected chi connectivity index (χ1v) is 21.9. The number of carboxylic acids is 4. The molecule has 0 saturated carbocycles. The fourth-order valence-corrected chi connectivity index (χ4v) is 8.37. The van der Waals surface area contributed by atoms with Gasteiger partial charge in [0.2, 0.25) is 0 Å². The minimum Gasteiger partial charge on any atom is -0.545 e. The third kappa shape index (κ3) is 11.2. The smallest absolute Gasteiger partial charge is 0.545 e. The summed E-state index contributed by atoms with van der Waals surface area (Å²) in [6.07, 6.45) is 2.26. The van der Waals surface area contributed by atoms with E-state index in [0.717, 1.165) is 45.3 Å². The molecule has 8 aromatic rings. The molecule has 0 saturated heterocycles. The van der Waals surface area contributed by atoms with Crippen molar-refractivity contribution < 1.29 is 83.8 Å². The van der Waals surface area contributed by atoms with Crippen molar-refractivity contribution in [3.05, 3.63) is 237 Å². The van der Waals surface area contributed by atoms with Crippen molar-refractivity contribution in [1.29, 1.82) is 0 Å². The molecule has 12 rings (SSSR count). The number of benzene rings is 8. The maximum absolute atomic E-state index is 11.0. The normalized spacial score (nSPS) is 11.8. The van der Waals surface area contributed by atoms with E-state index in [1.54, 1.807) is 72.8 Å². The quantitative estimate of drug-likeness (QED) is 0.169. The number of carbonyl (C=O) groups is 4. The van der Waals surface area contributed by atoms with Crippen LogP contribution < -0.4 is 39.4 Å². The van der Waals surface area contributed by atoms with Crippen molar-refractivity contribution in [2.75, 3.05) is 0 Å². The van der Waals surface area contributed by atoms with E-state index < -0.39 is 23.9 Å². The summed E-state index contributed by atoms with van der Waals surface area (Å²) in [4.78, 5) is 44.1. The topological polar surface area (TPSA) is 215 Å². The van der Waals surface area contributed by atoms with Gasteiger partial charge >= 0.3 is 21.1 Å².